The molecule has 1 unspecified atom stereocenters. The molecule has 0 radical (unpaired) electrons. The van der Waals surface area contributed by atoms with E-state index in [0.717, 1.165) is 51.7 Å². The molecule has 10 heteroatoms. The van der Waals surface area contributed by atoms with Crippen LogP contribution in [0.2, 0.25) is 0 Å². The van der Waals surface area contributed by atoms with Gasteiger partial charge < -0.3 is 35.4 Å². The van der Waals surface area contributed by atoms with E-state index < -0.39 is 12.2 Å². The van der Waals surface area contributed by atoms with Gasteiger partial charge in [-0.15, -0.1) is 0 Å². The van der Waals surface area contributed by atoms with E-state index in [1.54, 1.807) is 6.07 Å². The van der Waals surface area contributed by atoms with E-state index in [1.807, 2.05) is 18.0 Å². The Hall–Kier alpha value is -2.43. The number of carbonyl (C=O) groups excluding carboxylic acids is 1. The molecule has 0 bridgehead atoms. The van der Waals surface area contributed by atoms with Gasteiger partial charge in [0.1, 0.15) is 5.82 Å². The van der Waals surface area contributed by atoms with Crippen LogP contribution >= 0.6 is 0 Å². The fourth-order valence-electron chi connectivity index (χ4n) is 5.29. The summed E-state index contributed by atoms with van der Waals surface area (Å²) in [5, 5.41) is 17.6. The van der Waals surface area contributed by atoms with Crippen molar-refractivity contribution >= 4 is 12.1 Å². The van der Waals surface area contributed by atoms with E-state index in [1.165, 1.54) is 12.1 Å². The van der Waals surface area contributed by atoms with Gasteiger partial charge >= 0.3 is 12.1 Å². The third kappa shape index (κ3) is 9.22. The first-order valence-corrected chi connectivity index (χ1v) is 13.1. The molecule has 2 heterocycles. The highest BCUT2D eigenvalue weighted by molar-refractivity contribution is 5.74. The molecule has 3 rings (SSSR count). The summed E-state index contributed by atoms with van der Waals surface area (Å²) in [5.41, 5.74) is 0.696. The van der Waals surface area contributed by atoms with Crippen LogP contribution in [-0.4, -0.2) is 81.2 Å². The highest BCUT2D eigenvalue weighted by Gasteiger charge is 2.32. The van der Waals surface area contributed by atoms with Gasteiger partial charge in [0, 0.05) is 51.4 Å². The largest absolute Gasteiger partial charge is 0.465 e. The number of hydrogen-bond donors (Lipinski definition) is 4. The number of hydrogen-bond acceptors (Lipinski definition) is 5. The number of carboxylic acid groups (broad SMARTS) is 1. The van der Waals surface area contributed by atoms with Crippen molar-refractivity contribution in [3.63, 3.8) is 0 Å². The number of nitrogens with one attached hydrogen (secondary N) is 3. The van der Waals surface area contributed by atoms with E-state index in [-0.39, 0.29) is 37.0 Å². The summed E-state index contributed by atoms with van der Waals surface area (Å²) >= 11 is 0. The Labute approximate surface area is 213 Å². The summed E-state index contributed by atoms with van der Waals surface area (Å²) in [4.78, 5) is 25.9. The molecule has 0 spiro atoms. The highest BCUT2D eigenvalue weighted by atomic mass is 19.1. The quantitative estimate of drug-likeness (QED) is 0.341. The molecule has 2 fully saturated rings. The van der Waals surface area contributed by atoms with Gasteiger partial charge in [0.15, 0.2) is 0 Å². The topological polar surface area (TPSA) is 112 Å². The zero-order valence-corrected chi connectivity index (χ0v) is 21.2. The number of amides is 3. The average Bonchev–Trinajstić information content (AvgIpc) is 3.13. The van der Waals surface area contributed by atoms with Crippen LogP contribution < -0.4 is 16.0 Å². The van der Waals surface area contributed by atoms with Crippen molar-refractivity contribution in [1.29, 1.82) is 0 Å². The lowest BCUT2D eigenvalue weighted by Gasteiger charge is -2.38. The van der Waals surface area contributed by atoms with Crippen molar-refractivity contribution in [2.24, 2.45) is 11.8 Å². The van der Waals surface area contributed by atoms with Crippen LogP contribution in [0.15, 0.2) is 24.3 Å². The van der Waals surface area contributed by atoms with Gasteiger partial charge in [-0.05, 0) is 69.2 Å². The van der Waals surface area contributed by atoms with E-state index >= 15 is 0 Å². The van der Waals surface area contributed by atoms with Gasteiger partial charge in [0.2, 0.25) is 0 Å². The molecule has 0 aromatic heterocycles. The van der Waals surface area contributed by atoms with Crippen LogP contribution in [0, 0.1) is 17.7 Å². The Bertz CT molecular complexity index is 821. The number of carbonyl (C=O) groups is 2. The van der Waals surface area contributed by atoms with Crippen molar-refractivity contribution in [2.45, 2.75) is 50.7 Å². The van der Waals surface area contributed by atoms with Crippen LogP contribution in [-0.2, 0) is 9.47 Å². The maximum absolute atomic E-state index is 14.0. The van der Waals surface area contributed by atoms with Crippen molar-refractivity contribution in [3.8, 4) is 0 Å². The Morgan fingerprint density at radius 3 is 2.89 bits per heavy atom. The fourth-order valence-corrected chi connectivity index (χ4v) is 5.29. The number of urea groups is 1. The SMILES string of the molecule is CNC[C@H](CC1CCCOCC1)NC(=O)N1CCC[C@@H]([C@@H](OCCNC(=O)O)c2cccc(F)c2)C1. The summed E-state index contributed by atoms with van der Waals surface area (Å²) in [6.45, 7) is 3.73. The molecular weight excluding hydrogens is 467 g/mol. The monoisotopic (exact) mass is 508 g/mol. The average molecular weight is 509 g/mol. The van der Waals surface area contributed by atoms with Crippen molar-refractivity contribution in [2.75, 3.05) is 53.0 Å². The van der Waals surface area contributed by atoms with Crippen LogP contribution in [0.3, 0.4) is 0 Å². The van der Waals surface area contributed by atoms with Gasteiger partial charge in [-0.1, -0.05) is 12.1 Å². The number of benzene rings is 1. The molecule has 4 atom stereocenters. The van der Waals surface area contributed by atoms with Crippen LogP contribution in [0.25, 0.3) is 0 Å². The summed E-state index contributed by atoms with van der Waals surface area (Å²) in [6.07, 6.45) is 4.20. The van der Waals surface area contributed by atoms with Crippen molar-refractivity contribution in [1.82, 2.24) is 20.9 Å². The van der Waals surface area contributed by atoms with E-state index in [0.29, 0.717) is 31.1 Å². The van der Waals surface area contributed by atoms with Crippen LogP contribution in [0.1, 0.15) is 50.2 Å². The van der Waals surface area contributed by atoms with Crippen LogP contribution in [0.4, 0.5) is 14.0 Å². The first-order chi connectivity index (χ1) is 17.5. The molecular formula is C26H41FN4O5. The molecule has 9 nitrogen and oxygen atoms in total. The molecule has 0 saturated carbocycles. The number of piperidine rings is 1. The second-order valence-corrected chi connectivity index (χ2v) is 9.78. The second-order valence-electron chi connectivity index (χ2n) is 9.78. The molecule has 4 N–H and O–H groups in total. The Kier molecular flexibility index (Phi) is 11.7. The molecule has 202 valence electrons. The lowest BCUT2D eigenvalue weighted by atomic mass is 9.88. The molecule has 36 heavy (non-hydrogen) atoms. The van der Waals surface area contributed by atoms with Crippen molar-refractivity contribution < 1.29 is 28.6 Å². The predicted octanol–water partition coefficient (Wildman–Crippen LogP) is 3.37. The summed E-state index contributed by atoms with van der Waals surface area (Å²) < 4.78 is 25.6. The van der Waals surface area contributed by atoms with Gasteiger partial charge in [0.05, 0.1) is 12.7 Å². The zero-order valence-electron chi connectivity index (χ0n) is 21.2. The van der Waals surface area contributed by atoms with Crippen LogP contribution in [0.5, 0.6) is 0 Å². The number of likely N-dealkylation sites (N-methyl/N-ethyl adjacent to an activating group) is 1. The zero-order chi connectivity index (χ0) is 25.8. The normalized spacial score (nSPS) is 22.3. The Morgan fingerprint density at radius 1 is 1.25 bits per heavy atom. The number of rotatable bonds is 11. The second kappa shape index (κ2) is 15.0. The summed E-state index contributed by atoms with van der Waals surface area (Å²) in [6, 6.07) is 6.24. The number of likely N-dealkylation sites (tertiary alicyclic amines) is 1. The van der Waals surface area contributed by atoms with E-state index in [9.17, 15) is 14.0 Å². The standard InChI is InChI=1S/C26H41FN4O5/c1-28-17-23(15-19-5-4-12-35-13-9-19)30-25(32)31-11-3-7-21(18-31)24(36-14-10-29-26(33)34)20-6-2-8-22(27)16-20/h2,6,8,16,19,21,23-24,28-29H,3-5,7,9-15,17-18H2,1H3,(H,30,32)(H,33,34)/t19?,21-,23+,24+/m1/s1. The highest BCUT2D eigenvalue weighted by Crippen LogP contribution is 2.33. The number of nitrogens with zero attached hydrogens (tertiary/aromatic N) is 1. The Morgan fingerprint density at radius 2 is 2.11 bits per heavy atom. The number of halogens is 1. The first kappa shape index (κ1) is 28.1. The molecule has 2 aliphatic rings. The lowest BCUT2D eigenvalue weighted by Crippen LogP contribution is -2.52. The summed E-state index contributed by atoms with van der Waals surface area (Å²) in [7, 11) is 1.90. The van der Waals surface area contributed by atoms with Gasteiger partial charge in [0.25, 0.3) is 0 Å². The molecule has 1 aromatic rings. The minimum Gasteiger partial charge on any atom is -0.465 e. The minimum atomic E-state index is -1.12. The third-order valence-electron chi connectivity index (χ3n) is 6.99. The molecule has 2 saturated heterocycles. The maximum atomic E-state index is 14.0. The first-order valence-electron chi connectivity index (χ1n) is 13.1. The van der Waals surface area contributed by atoms with Gasteiger partial charge in [-0.3, -0.25) is 0 Å². The molecule has 0 aliphatic carbocycles. The minimum absolute atomic E-state index is 0.0297. The van der Waals surface area contributed by atoms with Gasteiger partial charge in [-0.2, -0.15) is 0 Å². The van der Waals surface area contributed by atoms with E-state index in [4.69, 9.17) is 14.6 Å². The lowest BCUT2D eigenvalue weighted by molar-refractivity contribution is -0.00866. The predicted molar refractivity (Wildman–Crippen MR) is 134 cm³/mol. The Balaban J connectivity index is 1.62. The summed E-state index contributed by atoms with van der Waals surface area (Å²) in [5.74, 6) is 0.150. The third-order valence-corrected chi connectivity index (χ3v) is 6.99. The van der Waals surface area contributed by atoms with Gasteiger partial charge in [-0.25, -0.2) is 14.0 Å². The maximum Gasteiger partial charge on any atom is 0.404 e. The fraction of sp³-hybridized carbons (Fsp3) is 0.692. The molecule has 3 amide bonds. The van der Waals surface area contributed by atoms with Crippen molar-refractivity contribution in [3.05, 3.63) is 35.6 Å². The molecule has 1 aromatic carbocycles. The molecule has 2 aliphatic heterocycles. The number of ether oxygens (including phenoxy) is 2. The smallest absolute Gasteiger partial charge is 0.404 e. The van der Waals surface area contributed by atoms with E-state index in [2.05, 4.69) is 16.0 Å².